The molecule has 1 heterocycles. The number of aryl methyl sites for hydroxylation is 1. The Morgan fingerprint density at radius 2 is 2.04 bits per heavy atom. The van der Waals surface area contributed by atoms with Crippen LogP contribution in [-0.2, 0) is 23.1 Å². The first-order chi connectivity index (χ1) is 13.5. The number of nitrogens with zero attached hydrogens (tertiary/aromatic N) is 3. The second-order valence-corrected chi connectivity index (χ2v) is 8.01. The van der Waals surface area contributed by atoms with Gasteiger partial charge in [-0.15, -0.1) is 0 Å². The number of hydrogen-bond donors (Lipinski definition) is 0. The predicted octanol–water partition coefficient (Wildman–Crippen LogP) is 3.07. The number of carbonyl (C=O) groups is 2. The smallest absolute Gasteiger partial charge is 0.254 e. The van der Waals surface area contributed by atoms with Crippen LogP contribution in [0.2, 0.25) is 0 Å². The fourth-order valence-electron chi connectivity index (χ4n) is 3.15. The third-order valence-electron chi connectivity index (χ3n) is 4.94. The molecule has 1 aromatic carbocycles. The highest BCUT2D eigenvalue weighted by atomic mass is 79.9. The average molecular weight is 448 g/mol. The zero-order valence-electron chi connectivity index (χ0n) is 16.3. The number of aromatic nitrogens is 1. The Labute approximate surface area is 174 Å². The van der Waals surface area contributed by atoms with Gasteiger partial charge in [0.2, 0.25) is 5.91 Å². The summed E-state index contributed by atoms with van der Waals surface area (Å²) in [6, 6.07) is 11.5. The lowest BCUT2D eigenvalue weighted by molar-refractivity contribution is -0.133. The monoisotopic (exact) mass is 447 g/mol. The first kappa shape index (κ1) is 20.6. The molecule has 0 bridgehead atoms. The van der Waals surface area contributed by atoms with E-state index >= 15 is 0 Å². The Kier molecular flexibility index (Phi) is 6.91. The number of hydrogen-bond acceptors (Lipinski definition) is 3. The van der Waals surface area contributed by atoms with Gasteiger partial charge in [-0.3, -0.25) is 9.59 Å². The molecule has 0 atom stereocenters. The lowest BCUT2D eigenvalue weighted by atomic mass is 10.2. The van der Waals surface area contributed by atoms with Gasteiger partial charge >= 0.3 is 0 Å². The molecule has 28 heavy (non-hydrogen) atoms. The molecular formula is C21H26BrN3O3. The molecule has 1 fully saturated rings. The molecule has 0 spiro atoms. The van der Waals surface area contributed by atoms with Gasteiger partial charge in [0.15, 0.2) is 0 Å². The van der Waals surface area contributed by atoms with Crippen LogP contribution in [0, 0.1) is 0 Å². The normalized spacial score (nSPS) is 13.4. The van der Waals surface area contributed by atoms with Gasteiger partial charge in [-0.25, -0.2) is 0 Å². The third kappa shape index (κ3) is 5.23. The Hall–Kier alpha value is -2.12. The zero-order valence-corrected chi connectivity index (χ0v) is 17.9. The maximum Gasteiger partial charge on any atom is 0.254 e. The summed E-state index contributed by atoms with van der Waals surface area (Å²) in [7, 11) is 3.57. The summed E-state index contributed by atoms with van der Waals surface area (Å²) in [6.45, 7) is 1.37. The largest absolute Gasteiger partial charge is 0.383 e. The summed E-state index contributed by atoms with van der Waals surface area (Å²) in [5.41, 5.74) is 1.64. The number of benzene rings is 1. The molecule has 150 valence electrons. The maximum atomic E-state index is 13.1. The second-order valence-electron chi connectivity index (χ2n) is 7.09. The lowest BCUT2D eigenvalue weighted by Gasteiger charge is -2.28. The van der Waals surface area contributed by atoms with Gasteiger partial charge in [-0.1, -0.05) is 22.0 Å². The van der Waals surface area contributed by atoms with Crippen molar-refractivity contribution < 1.29 is 14.3 Å². The van der Waals surface area contributed by atoms with Gasteiger partial charge < -0.3 is 19.1 Å². The average Bonchev–Trinajstić information content (AvgIpc) is 3.44. The minimum atomic E-state index is -0.165. The molecule has 3 rings (SSSR count). The Bertz CT molecular complexity index is 832. The molecule has 0 saturated heterocycles. The van der Waals surface area contributed by atoms with E-state index in [0.29, 0.717) is 25.3 Å². The molecule has 0 N–H and O–H groups in total. The third-order valence-corrected chi connectivity index (χ3v) is 5.44. The van der Waals surface area contributed by atoms with E-state index in [0.717, 1.165) is 23.0 Å². The number of carbonyl (C=O) groups excluding carboxylic acids is 2. The highest BCUT2D eigenvalue weighted by Gasteiger charge is 2.34. The summed E-state index contributed by atoms with van der Waals surface area (Å²) in [4.78, 5) is 29.6. The van der Waals surface area contributed by atoms with E-state index in [4.69, 9.17) is 4.74 Å². The molecular weight excluding hydrogens is 422 g/mol. The maximum absolute atomic E-state index is 13.1. The summed E-state index contributed by atoms with van der Waals surface area (Å²) in [5.74, 6) is -0.190. The molecule has 7 heteroatoms. The highest BCUT2D eigenvalue weighted by molar-refractivity contribution is 9.10. The van der Waals surface area contributed by atoms with Crippen LogP contribution in [-0.4, -0.2) is 59.0 Å². The van der Waals surface area contributed by atoms with E-state index in [9.17, 15) is 9.59 Å². The van der Waals surface area contributed by atoms with Crippen molar-refractivity contribution in [1.29, 1.82) is 0 Å². The van der Waals surface area contributed by atoms with Crippen molar-refractivity contribution in [1.82, 2.24) is 14.4 Å². The minimum Gasteiger partial charge on any atom is -0.383 e. The molecule has 1 aliphatic rings. The van der Waals surface area contributed by atoms with E-state index in [1.54, 1.807) is 24.1 Å². The Balaban J connectivity index is 1.73. The minimum absolute atomic E-state index is 0.0249. The van der Waals surface area contributed by atoms with E-state index in [1.165, 1.54) is 0 Å². The van der Waals surface area contributed by atoms with Crippen LogP contribution in [0.15, 0.2) is 47.1 Å². The molecule has 0 aliphatic heterocycles. The quantitative estimate of drug-likeness (QED) is 0.593. The molecule has 6 nitrogen and oxygen atoms in total. The van der Waals surface area contributed by atoms with E-state index in [1.807, 2.05) is 47.0 Å². The van der Waals surface area contributed by atoms with Gasteiger partial charge in [-0.05, 0) is 43.2 Å². The van der Waals surface area contributed by atoms with Crippen LogP contribution in [0.25, 0.3) is 0 Å². The molecule has 0 unspecified atom stereocenters. The first-order valence-corrected chi connectivity index (χ1v) is 10.2. The predicted molar refractivity (Wildman–Crippen MR) is 111 cm³/mol. The fourth-order valence-corrected chi connectivity index (χ4v) is 3.55. The van der Waals surface area contributed by atoms with Crippen molar-refractivity contribution in [2.45, 2.75) is 25.4 Å². The Morgan fingerprint density at radius 1 is 1.25 bits per heavy atom. The molecule has 2 aromatic rings. The van der Waals surface area contributed by atoms with Crippen LogP contribution < -0.4 is 0 Å². The SMILES string of the molecule is COCCN(CC(=O)N(Cc1cccn1C)C1CC1)C(=O)c1cccc(Br)c1. The number of methoxy groups -OCH3 is 1. The summed E-state index contributed by atoms with van der Waals surface area (Å²) < 4.78 is 8.01. The Morgan fingerprint density at radius 3 is 2.64 bits per heavy atom. The summed E-state index contributed by atoms with van der Waals surface area (Å²) in [5, 5.41) is 0. The lowest BCUT2D eigenvalue weighted by Crippen LogP contribution is -2.44. The van der Waals surface area contributed by atoms with Gasteiger partial charge in [0.25, 0.3) is 5.91 Å². The molecule has 2 amide bonds. The van der Waals surface area contributed by atoms with Crippen molar-refractivity contribution >= 4 is 27.7 Å². The molecule has 1 aromatic heterocycles. The number of amides is 2. The second kappa shape index (κ2) is 9.39. The summed E-state index contributed by atoms with van der Waals surface area (Å²) >= 11 is 3.40. The molecule has 1 saturated carbocycles. The fraction of sp³-hybridized carbons (Fsp3) is 0.429. The van der Waals surface area contributed by atoms with Crippen LogP contribution in [0.5, 0.6) is 0 Å². The van der Waals surface area contributed by atoms with Gasteiger partial charge in [-0.2, -0.15) is 0 Å². The van der Waals surface area contributed by atoms with Crippen LogP contribution in [0.1, 0.15) is 28.9 Å². The first-order valence-electron chi connectivity index (χ1n) is 9.43. The van der Waals surface area contributed by atoms with Crippen molar-refractivity contribution in [3.8, 4) is 0 Å². The topological polar surface area (TPSA) is 54.8 Å². The summed E-state index contributed by atoms with van der Waals surface area (Å²) in [6.07, 6.45) is 4.02. The van der Waals surface area contributed by atoms with Gasteiger partial charge in [0, 0.05) is 48.7 Å². The van der Waals surface area contributed by atoms with Crippen molar-refractivity contribution in [3.05, 3.63) is 58.3 Å². The van der Waals surface area contributed by atoms with Crippen LogP contribution >= 0.6 is 15.9 Å². The van der Waals surface area contributed by atoms with Crippen molar-refractivity contribution in [2.24, 2.45) is 7.05 Å². The van der Waals surface area contributed by atoms with E-state index < -0.39 is 0 Å². The van der Waals surface area contributed by atoms with Crippen LogP contribution in [0.4, 0.5) is 0 Å². The zero-order chi connectivity index (χ0) is 20.1. The number of halogens is 1. The van der Waals surface area contributed by atoms with Crippen LogP contribution in [0.3, 0.4) is 0 Å². The van der Waals surface area contributed by atoms with Crippen molar-refractivity contribution in [2.75, 3.05) is 26.8 Å². The van der Waals surface area contributed by atoms with E-state index in [-0.39, 0.29) is 24.4 Å². The van der Waals surface area contributed by atoms with E-state index in [2.05, 4.69) is 15.9 Å². The standard InChI is InChI=1S/C21H26BrN3O3/c1-23-10-4-7-19(23)14-25(18-8-9-18)20(26)15-24(11-12-28-2)21(27)16-5-3-6-17(22)13-16/h3-7,10,13,18H,8-9,11-12,14-15H2,1-2H3. The molecule has 1 aliphatic carbocycles. The number of rotatable bonds is 9. The number of ether oxygens (including phenoxy) is 1. The van der Waals surface area contributed by atoms with Gasteiger partial charge in [0.05, 0.1) is 13.2 Å². The van der Waals surface area contributed by atoms with Gasteiger partial charge in [0.1, 0.15) is 6.54 Å². The van der Waals surface area contributed by atoms with Crippen molar-refractivity contribution in [3.63, 3.8) is 0 Å². The highest BCUT2D eigenvalue weighted by Crippen LogP contribution is 2.28. The molecule has 0 radical (unpaired) electrons.